The average molecular weight is 267 g/mol. The zero-order valence-electron chi connectivity index (χ0n) is 11.5. The largest absolute Gasteiger partial charge is 0.398 e. The highest BCUT2D eigenvalue weighted by Gasteiger charge is 2.22. The number of hydrogen-bond donors (Lipinski definition) is 1. The van der Waals surface area contributed by atoms with Gasteiger partial charge in [0.25, 0.3) is 0 Å². The van der Waals surface area contributed by atoms with Crippen LogP contribution in [0.2, 0.25) is 0 Å². The molecule has 1 saturated carbocycles. The molecule has 1 aromatic carbocycles. The minimum atomic E-state index is 0.775. The smallest absolute Gasteiger partial charge is 0.0686 e. The summed E-state index contributed by atoms with van der Waals surface area (Å²) in [6.07, 6.45) is 8.49. The molecule has 3 aromatic rings. The lowest BCUT2D eigenvalue weighted by Gasteiger charge is -2.04. The van der Waals surface area contributed by atoms with Gasteiger partial charge in [0.1, 0.15) is 0 Å². The number of aryl methyl sites for hydroxylation is 1. The summed E-state index contributed by atoms with van der Waals surface area (Å²) in [6, 6.07) is 4.08. The Bertz CT molecular complexity index is 779. The molecule has 1 fully saturated rings. The van der Waals surface area contributed by atoms with Gasteiger partial charge < -0.3 is 5.73 Å². The molecule has 4 rings (SSSR count). The Morgan fingerprint density at radius 1 is 1.25 bits per heavy atom. The number of aromatic nitrogens is 4. The first-order valence-corrected chi connectivity index (χ1v) is 6.95. The third-order valence-electron chi connectivity index (χ3n) is 4.00. The molecule has 5 heteroatoms. The van der Waals surface area contributed by atoms with Crippen LogP contribution in [-0.2, 0) is 13.6 Å². The van der Waals surface area contributed by atoms with Crippen molar-refractivity contribution in [3.8, 4) is 11.1 Å². The van der Waals surface area contributed by atoms with E-state index in [9.17, 15) is 0 Å². The third kappa shape index (κ3) is 1.86. The van der Waals surface area contributed by atoms with Crippen molar-refractivity contribution in [2.75, 3.05) is 5.73 Å². The first-order chi connectivity index (χ1) is 9.70. The van der Waals surface area contributed by atoms with Gasteiger partial charge in [-0.25, -0.2) is 0 Å². The van der Waals surface area contributed by atoms with Crippen LogP contribution in [-0.4, -0.2) is 19.6 Å². The zero-order valence-corrected chi connectivity index (χ0v) is 11.5. The van der Waals surface area contributed by atoms with Gasteiger partial charge in [0.15, 0.2) is 0 Å². The van der Waals surface area contributed by atoms with Crippen LogP contribution in [0, 0.1) is 5.92 Å². The molecule has 2 heterocycles. The van der Waals surface area contributed by atoms with Crippen LogP contribution in [0.25, 0.3) is 22.0 Å². The second-order valence-corrected chi connectivity index (χ2v) is 5.66. The molecule has 0 amide bonds. The van der Waals surface area contributed by atoms with E-state index in [2.05, 4.69) is 22.5 Å². The molecule has 5 nitrogen and oxygen atoms in total. The number of nitrogens with two attached hydrogens (primary N) is 1. The standard InChI is InChI=1S/C15H17N5/c1-19-15-5-13(14(16)4-11(15)6-17-19)12-7-18-20(9-12)8-10-2-3-10/h4-7,9-10H,2-3,8,16H2,1H3. The quantitative estimate of drug-likeness (QED) is 0.741. The van der Waals surface area contributed by atoms with Gasteiger partial charge in [0.05, 0.1) is 17.9 Å². The second-order valence-electron chi connectivity index (χ2n) is 5.66. The minimum Gasteiger partial charge on any atom is -0.398 e. The number of fused-ring (bicyclic) bond motifs is 1. The summed E-state index contributed by atoms with van der Waals surface area (Å²) in [5.41, 5.74) is 10.1. The van der Waals surface area contributed by atoms with Crippen molar-refractivity contribution in [3.63, 3.8) is 0 Å². The summed E-state index contributed by atoms with van der Waals surface area (Å²) in [6.45, 7) is 1.02. The lowest BCUT2D eigenvalue weighted by molar-refractivity contribution is 0.563. The molecule has 0 aliphatic heterocycles. The van der Waals surface area contributed by atoms with Crippen molar-refractivity contribution in [2.45, 2.75) is 19.4 Å². The maximum atomic E-state index is 6.18. The first-order valence-electron chi connectivity index (χ1n) is 6.95. The van der Waals surface area contributed by atoms with E-state index in [1.807, 2.05) is 34.9 Å². The SMILES string of the molecule is Cn1ncc2cc(N)c(-c3cnn(CC4CC4)c3)cc21. The Morgan fingerprint density at radius 3 is 2.90 bits per heavy atom. The fourth-order valence-electron chi connectivity index (χ4n) is 2.63. The van der Waals surface area contributed by atoms with E-state index in [1.165, 1.54) is 12.8 Å². The van der Waals surface area contributed by atoms with Crippen molar-refractivity contribution in [2.24, 2.45) is 13.0 Å². The van der Waals surface area contributed by atoms with Crippen molar-refractivity contribution < 1.29 is 0 Å². The molecule has 0 atom stereocenters. The molecule has 102 valence electrons. The Morgan fingerprint density at radius 2 is 2.10 bits per heavy atom. The van der Waals surface area contributed by atoms with E-state index < -0.39 is 0 Å². The number of rotatable bonds is 3. The predicted octanol–water partition coefficient (Wildman–Crippen LogP) is 2.43. The summed E-state index contributed by atoms with van der Waals surface area (Å²) in [4.78, 5) is 0. The molecule has 0 saturated heterocycles. The van der Waals surface area contributed by atoms with Crippen LogP contribution in [0.4, 0.5) is 5.69 Å². The van der Waals surface area contributed by atoms with Crippen LogP contribution < -0.4 is 5.73 Å². The van der Waals surface area contributed by atoms with E-state index in [0.717, 1.165) is 40.2 Å². The Balaban J connectivity index is 1.77. The van der Waals surface area contributed by atoms with Crippen molar-refractivity contribution >= 4 is 16.6 Å². The molecular weight excluding hydrogens is 250 g/mol. The van der Waals surface area contributed by atoms with E-state index in [0.29, 0.717) is 0 Å². The number of nitrogens with zero attached hydrogens (tertiary/aromatic N) is 4. The van der Waals surface area contributed by atoms with Gasteiger partial charge in [-0.3, -0.25) is 9.36 Å². The molecule has 1 aliphatic carbocycles. The molecule has 20 heavy (non-hydrogen) atoms. The maximum absolute atomic E-state index is 6.18. The molecule has 0 radical (unpaired) electrons. The lowest BCUT2D eigenvalue weighted by atomic mass is 10.1. The van der Waals surface area contributed by atoms with E-state index in [4.69, 9.17) is 5.73 Å². The predicted molar refractivity (Wildman–Crippen MR) is 79.1 cm³/mol. The minimum absolute atomic E-state index is 0.775. The number of hydrogen-bond acceptors (Lipinski definition) is 3. The number of anilines is 1. The summed E-state index contributed by atoms with van der Waals surface area (Å²) < 4.78 is 3.90. The highest BCUT2D eigenvalue weighted by molar-refractivity contribution is 5.91. The summed E-state index contributed by atoms with van der Waals surface area (Å²) in [7, 11) is 1.94. The molecule has 2 aromatic heterocycles. The number of benzene rings is 1. The molecule has 0 bridgehead atoms. The van der Waals surface area contributed by atoms with Crippen molar-refractivity contribution in [3.05, 3.63) is 30.7 Å². The monoisotopic (exact) mass is 267 g/mol. The summed E-state index contributed by atoms with van der Waals surface area (Å²) >= 11 is 0. The summed E-state index contributed by atoms with van der Waals surface area (Å²) in [5, 5.41) is 9.78. The van der Waals surface area contributed by atoms with Gasteiger partial charge in [-0.15, -0.1) is 0 Å². The normalized spacial score (nSPS) is 15.1. The zero-order chi connectivity index (χ0) is 13.7. The molecule has 0 unspecified atom stereocenters. The summed E-state index contributed by atoms with van der Waals surface area (Å²) in [5.74, 6) is 0.819. The Kier molecular flexibility index (Phi) is 2.36. The van der Waals surface area contributed by atoms with Crippen LogP contribution in [0.15, 0.2) is 30.7 Å². The van der Waals surface area contributed by atoms with E-state index in [1.54, 1.807) is 0 Å². The molecule has 2 N–H and O–H groups in total. The molecular formula is C15H17N5. The van der Waals surface area contributed by atoms with Crippen LogP contribution >= 0.6 is 0 Å². The Labute approximate surface area is 117 Å². The molecule has 0 spiro atoms. The number of nitrogen functional groups attached to an aromatic ring is 1. The van der Waals surface area contributed by atoms with Crippen molar-refractivity contribution in [1.29, 1.82) is 0 Å². The second kappa shape index (κ2) is 4.10. The van der Waals surface area contributed by atoms with Crippen LogP contribution in [0.1, 0.15) is 12.8 Å². The first kappa shape index (κ1) is 11.5. The van der Waals surface area contributed by atoms with E-state index in [-0.39, 0.29) is 0 Å². The van der Waals surface area contributed by atoms with Crippen molar-refractivity contribution in [1.82, 2.24) is 19.6 Å². The fraction of sp³-hybridized carbons (Fsp3) is 0.333. The lowest BCUT2D eigenvalue weighted by Crippen LogP contribution is -1.99. The van der Waals surface area contributed by atoms with Gasteiger partial charge in [0, 0.05) is 42.0 Å². The van der Waals surface area contributed by atoms with Gasteiger partial charge >= 0.3 is 0 Å². The van der Waals surface area contributed by atoms with Crippen LogP contribution in [0.3, 0.4) is 0 Å². The Hall–Kier alpha value is -2.30. The third-order valence-corrected chi connectivity index (χ3v) is 4.00. The highest BCUT2D eigenvalue weighted by atomic mass is 15.3. The van der Waals surface area contributed by atoms with Gasteiger partial charge in [-0.1, -0.05) is 0 Å². The van der Waals surface area contributed by atoms with Gasteiger partial charge in [-0.05, 0) is 30.9 Å². The topological polar surface area (TPSA) is 61.7 Å². The maximum Gasteiger partial charge on any atom is 0.0686 e. The highest BCUT2D eigenvalue weighted by Crippen LogP contribution is 2.33. The van der Waals surface area contributed by atoms with E-state index >= 15 is 0 Å². The van der Waals surface area contributed by atoms with Gasteiger partial charge in [-0.2, -0.15) is 10.2 Å². The average Bonchev–Trinajstić information content (AvgIpc) is 3.00. The fourth-order valence-corrected chi connectivity index (χ4v) is 2.63. The van der Waals surface area contributed by atoms with Crippen LogP contribution in [0.5, 0.6) is 0 Å². The molecule has 1 aliphatic rings. The van der Waals surface area contributed by atoms with Gasteiger partial charge in [0.2, 0.25) is 0 Å².